The van der Waals surface area contributed by atoms with E-state index in [1.54, 1.807) is 13.1 Å². The van der Waals surface area contributed by atoms with Gasteiger partial charge in [-0.1, -0.05) is 276 Å². The molecule has 7 saturated carbocycles. The molecular weight excluding hydrogens is 1830 g/mol. The van der Waals surface area contributed by atoms with Crippen LogP contribution in [0.4, 0.5) is 14.4 Å². The summed E-state index contributed by atoms with van der Waals surface area (Å²) in [7, 11) is 1.63. The summed E-state index contributed by atoms with van der Waals surface area (Å²) in [6.45, 7) is 48.8. The molecule has 0 aromatic heterocycles. The molecule has 0 bridgehead atoms. The number of hydrogen-bond donors (Lipinski definition) is 14. The summed E-state index contributed by atoms with van der Waals surface area (Å²) in [6, 6.07) is 5.60. The first-order valence-corrected chi connectivity index (χ1v) is 51.3. The number of piperidine rings is 3. The molecule has 790 valence electrons. The Morgan fingerprint density at radius 2 is 0.706 bits per heavy atom. The lowest BCUT2D eigenvalue weighted by Gasteiger charge is -2.39. The van der Waals surface area contributed by atoms with Crippen LogP contribution in [-0.4, -0.2) is 232 Å². The molecule has 2 aromatic rings. The third-order valence-electron chi connectivity index (χ3n) is 32.2. The predicted octanol–water partition coefficient (Wildman–Crippen LogP) is 7.75. The molecule has 3 aliphatic heterocycles. The Balaban J connectivity index is 0.000000221. The number of primary amides is 3. The number of nitrogens with two attached hydrogens (primary N) is 3. The molecule has 18 atom stereocenters. The van der Waals surface area contributed by atoms with E-state index >= 15 is 0 Å². The minimum atomic E-state index is -1.11. The maximum atomic E-state index is 14.4. The highest BCUT2D eigenvalue weighted by atomic mass is 16.2. The van der Waals surface area contributed by atoms with Crippen LogP contribution in [-0.2, 0) is 84.0 Å². The molecule has 3 unspecified atom stereocenters. The van der Waals surface area contributed by atoms with Crippen molar-refractivity contribution < 1.29 is 86.3 Å². The lowest BCUT2D eigenvalue weighted by molar-refractivity contribution is -0.145. The molecule has 0 spiro atoms. The number of carbonyl (C=O) groups excluding carboxylic acids is 18. The van der Waals surface area contributed by atoms with Crippen LogP contribution >= 0.6 is 0 Å². The van der Waals surface area contributed by atoms with Crippen LogP contribution in [0.25, 0.3) is 0 Å². The Kier molecular flexibility index (Phi) is 35.2. The largest absolute Gasteiger partial charge is 0.363 e. The summed E-state index contributed by atoms with van der Waals surface area (Å²) < 4.78 is 0. The Hall–Kier alpha value is -11.4. The smallest absolute Gasteiger partial charge is 0.316 e. The van der Waals surface area contributed by atoms with Crippen LogP contribution in [0.2, 0.25) is 0 Å². The standard InChI is InChI=1S/C38H58N6O6.C37H54N6O6.C32H52N6O6/c1-35(2,3)28(32(48)43-38(9,10)22-17-12-11-13-18-22)41-34(50)42-29(36(4,5)6)33(49)44-20-23-25(37(23,7)8)26(44)31(47)40-24(27(45)30(39)46)19-21-15-14-16-21;1-36(2,3)30(42-35(49)41-27(23-16-9-10-17-23)32(46)39-19-22-12-7-6-8-13-22)34(48)43-20-24-26(37(24,4)5)28(43)33(47)40-25(29(44)31(38)45)18-21-14-11-15-21;1-11-14-37(10)27(42)23(30(2,3)4)35-29(44)36-24(31(5,6)7)28(43)38-16-18-20(32(18,8)9)21(38)26(41)34-19(15-17-12-13-17)22(39)25(33)40/h11-13,17-18,21,23-26,28-29H,14-16,19-20H2,1-10H3,(H2,39,46)(H,40,47)(H,43,48)(H2,41,42,50);6-8,12-13,21,23-28,30H,9-11,14-20H2,1-5H3,(H2,38,45)(H,39,46)(H,40,47)(H2,41,42,49);11,17-21,23-24H,1,12-16H2,2-10H3,(H2,33,40)(H,34,41)(H2,35,36,44)/t23-,24?,25-,26-,28+,29+;24-,25?,26-,27-,28-,30+;18-,19?,20-,21-,23+,24+/m000/s1. The van der Waals surface area contributed by atoms with Gasteiger partial charge in [-0.05, 0) is 160 Å². The zero-order chi connectivity index (χ0) is 107. The number of likely N-dealkylation sites (N-methyl/N-ethyl adjacent to an activating group) is 1. The molecule has 10 fully saturated rings. The lowest BCUT2D eigenvalue weighted by Crippen LogP contribution is -2.63. The molecule has 0 radical (unpaired) electrons. The van der Waals surface area contributed by atoms with E-state index < -0.39 is 194 Å². The highest BCUT2D eigenvalue weighted by Crippen LogP contribution is 2.67. The van der Waals surface area contributed by atoms with E-state index in [9.17, 15) is 86.3 Å². The van der Waals surface area contributed by atoms with Gasteiger partial charge in [0.15, 0.2) is 0 Å². The summed E-state index contributed by atoms with van der Waals surface area (Å²) in [5, 5.41) is 31.4. The molecule has 36 nitrogen and oxygen atoms in total. The fourth-order valence-corrected chi connectivity index (χ4v) is 22.3. The van der Waals surface area contributed by atoms with E-state index in [0.717, 1.165) is 88.2 Å². The summed E-state index contributed by atoms with van der Waals surface area (Å²) in [6.07, 6.45) is 13.7. The van der Waals surface area contributed by atoms with Gasteiger partial charge in [0.05, 0.1) is 23.7 Å². The summed E-state index contributed by atoms with van der Waals surface area (Å²) in [5.41, 5.74) is 12.9. The number of fused-ring (bicyclic) bond motifs is 3. The summed E-state index contributed by atoms with van der Waals surface area (Å²) in [5.74, 6) is -9.15. The Labute approximate surface area is 843 Å². The van der Waals surface area contributed by atoms with Crippen LogP contribution in [0.5, 0.6) is 0 Å². The second-order valence-corrected chi connectivity index (χ2v) is 49.8. The monoisotopic (exact) mass is 1990 g/mol. The SMILES string of the molecule is C=CCN(C)C(=O)[C@@H](NC(=O)N[C@H](C(=O)N1C[C@H]2[C@@H]([C@H]1C(=O)NC(CC1CC1)C(=O)C(N)=O)C2(C)C)C(C)(C)C)C(C)(C)C.CC(C)(C)[C@H](NC(=O)N[C@H](C(=O)NCc1ccccc1)C1CCCC1)C(=O)N1C[C@H]2[C@@H]([C@H]1C(=O)NC(CC1CCC1)C(=O)C(N)=O)C2(C)C.CC(C)(NC(=O)[C@@H](NC(=O)N[C@H](C(=O)N1C[C@H]2[C@@H]([C@H]1C(=O)NC(CC1CCC1)C(=O)C(N)=O)C2(C)C)C(C)(C)C)C(C)(C)C)c1ccccc1. The van der Waals surface area contributed by atoms with E-state index in [0.29, 0.717) is 52.0 Å². The topological polar surface area (TPSA) is 531 Å². The highest BCUT2D eigenvalue weighted by Gasteiger charge is 2.73. The number of carbonyl (C=O) groups is 18. The minimum Gasteiger partial charge on any atom is -0.363 e. The number of urea groups is 3. The van der Waals surface area contributed by atoms with Crippen molar-refractivity contribution in [3.05, 3.63) is 84.4 Å². The summed E-state index contributed by atoms with van der Waals surface area (Å²) in [4.78, 5) is 245. The number of amides is 18. The molecule has 7 aliphatic carbocycles. The second kappa shape index (κ2) is 44.3. The van der Waals surface area contributed by atoms with Gasteiger partial charge in [-0.2, -0.15) is 0 Å². The molecule has 143 heavy (non-hydrogen) atoms. The quantitative estimate of drug-likeness (QED) is 0.0227. The van der Waals surface area contributed by atoms with Gasteiger partial charge in [-0.15, -0.1) is 6.58 Å². The third-order valence-corrected chi connectivity index (χ3v) is 32.2. The first kappa shape index (κ1) is 114. The van der Waals surface area contributed by atoms with Crippen molar-refractivity contribution in [1.82, 2.24) is 78.1 Å². The molecule has 12 rings (SSSR count). The molecule has 10 aliphatic rings. The van der Waals surface area contributed by atoms with Crippen molar-refractivity contribution in [2.75, 3.05) is 33.2 Å². The summed E-state index contributed by atoms with van der Waals surface area (Å²) >= 11 is 0. The number of ketones is 3. The Bertz CT molecular complexity index is 5100. The molecule has 36 heteroatoms. The van der Waals surface area contributed by atoms with Crippen molar-refractivity contribution in [3.8, 4) is 0 Å². The fourth-order valence-electron chi connectivity index (χ4n) is 22.3. The van der Waals surface area contributed by atoms with E-state index in [1.165, 1.54) is 19.6 Å². The zero-order valence-electron chi connectivity index (χ0n) is 88.8. The normalized spacial score (nSPS) is 24.1. The number of nitrogens with zero attached hydrogens (tertiary/aromatic N) is 4. The van der Waals surface area contributed by atoms with E-state index in [4.69, 9.17) is 17.2 Å². The first-order valence-electron chi connectivity index (χ1n) is 51.3. The number of rotatable bonds is 37. The van der Waals surface area contributed by atoms with Crippen molar-refractivity contribution in [2.45, 2.75) is 340 Å². The average Bonchev–Trinajstić information content (AvgIpc) is 1.53. The number of nitrogens with one attached hydrogen (secondary N) is 11. The number of benzene rings is 2. The molecule has 3 saturated heterocycles. The number of Topliss-reactive ketones (excluding diaryl/α,β-unsaturated/α-hetero) is 3. The lowest BCUT2D eigenvalue weighted by atomic mass is 9.80. The number of likely N-dealkylation sites (tertiary alicyclic amines) is 3. The second-order valence-electron chi connectivity index (χ2n) is 49.8. The van der Waals surface area contributed by atoms with E-state index in [2.05, 4.69) is 92.8 Å². The van der Waals surface area contributed by atoms with Gasteiger partial charge in [0, 0.05) is 39.8 Å². The highest BCUT2D eigenvalue weighted by molar-refractivity contribution is 6.39. The van der Waals surface area contributed by atoms with E-state index in [-0.39, 0.29) is 93.1 Å². The molecule has 17 N–H and O–H groups in total. The van der Waals surface area contributed by atoms with Crippen LogP contribution in [0.1, 0.15) is 267 Å². The molecule has 3 heterocycles. The van der Waals surface area contributed by atoms with Crippen LogP contribution in [0.3, 0.4) is 0 Å². The van der Waals surface area contributed by atoms with Crippen molar-refractivity contribution in [3.63, 3.8) is 0 Å². The van der Waals surface area contributed by atoms with Gasteiger partial charge < -0.3 is 95.3 Å². The van der Waals surface area contributed by atoms with Crippen molar-refractivity contribution >= 4 is 106 Å². The fraction of sp³-hybridized carbons (Fsp3) is 0.701. The maximum absolute atomic E-state index is 14.4. The molecule has 2 aromatic carbocycles. The van der Waals surface area contributed by atoms with Gasteiger partial charge in [0.25, 0.3) is 17.7 Å². The molecule has 18 amide bonds. The van der Waals surface area contributed by atoms with Crippen molar-refractivity contribution in [2.24, 2.45) is 120 Å². The van der Waals surface area contributed by atoms with Gasteiger partial charge >= 0.3 is 18.1 Å². The Morgan fingerprint density at radius 3 is 1.01 bits per heavy atom. The van der Waals surface area contributed by atoms with Crippen molar-refractivity contribution in [1.29, 1.82) is 0 Å². The van der Waals surface area contributed by atoms with Gasteiger partial charge in [0.2, 0.25) is 70.5 Å². The number of hydrogen-bond acceptors (Lipinski definition) is 18. The maximum Gasteiger partial charge on any atom is 0.316 e. The van der Waals surface area contributed by atoms with Crippen LogP contribution in [0, 0.1) is 102 Å². The first-order chi connectivity index (χ1) is 66.2. The Morgan fingerprint density at radius 1 is 0.399 bits per heavy atom. The van der Waals surface area contributed by atoms with Gasteiger partial charge in [-0.3, -0.25) is 71.9 Å². The van der Waals surface area contributed by atoms with E-state index in [1.807, 2.05) is 192 Å². The van der Waals surface area contributed by atoms with Crippen LogP contribution < -0.4 is 75.7 Å². The van der Waals surface area contributed by atoms with Gasteiger partial charge in [-0.25, -0.2) is 14.4 Å². The minimum absolute atomic E-state index is 0.0256. The third kappa shape index (κ3) is 27.3. The predicted molar refractivity (Wildman–Crippen MR) is 539 cm³/mol. The average molecular weight is 1990 g/mol. The molecular formula is C107H164N18O18. The van der Waals surface area contributed by atoms with Gasteiger partial charge in [0.1, 0.15) is 54.4 Å². The van der Waals surface area contributed by atoms with Crippen LogP contribution in [0.15, 0.2) is 73.3 Å². The zero-order valence-corrected chi connectivity index (χ0v) is 88.8.